The van der Waals surface area contributed by atoms with Gasteiger partial charge in [0.05, 0.1) is 4.92 Å². The number of hydrogen-bond acceptors (Lipinski definition) is 4. The van der Waals surface area contributed by atoms with E-state index in [9.17, 15) is 14.3 Å². The largest absolute Gasteiger partial charge is 0.384 e. The normalized spacial score (nSPS) is 14.1. The van der Waals surface area contributed by atoms with E-state index in [2.05, 4.69) is 5.32 Å². The highest BCUT2D eigenvalue weighted by Gasteiger charge is 2.07. The molecule has 0 saturated heterocycles. The van der Waals surface area contributed by atoms with Crippen molar-refractivity contribution in [2.24, 2.45) is 0 Å². The van der Waals surface area contributed by atoms with Gasteiger partial charge in [-0.1, -0.05) is 0 Å². The molecule has 0 aliphatic heterocycles. The molecule has 0 spiro atoms. The van der Waals surface area contributed by atoms with Crippen LogP contribution in [0.3, 0.4) is 0 Å². The van der Waals surface area contributed by atoms with Gasteiger partial charge in [0.2, 0.25) is 0 Å². The Labute approximate surface area is 96.5 Å². The van der Waals surface area contributed by atoms with Crippen LogP contribution in [0.2, 0.25) is 0 Å². The standard InChI is InChI=1S/C10H14N2O3S/c1-8(16(2)15)7-11-9-3-5-10(6-4-9)12(13)14/h3-6,8,11H,7H2,1-2H3. The quantitative estimate of drug-likeness (QED) is 0.631. The minimum absolute atomic E-state index is 0.0511. The van der Waals surface area contributed by atoms with Crippen molar-refractivity contribution in [2.75, 3.05) is 18.1 Å². The molecule has 1 N–H and O–H groups in total. The Morgan fingerprint density at radius 2 is 2.00 bits per heavy atom. The van der Waals surface area contributed by atoms with Crippen LogP contribution in [0.5, 0.6) is 0 Å². The molecule has 0 heterocycles. The lowest BCUT2D eigenvalue weighted by atomic mass is 10.3. The molecule has 0 aliphatic carbocycles. The molecule has 2 atom stereocenters. The van der Waals surface area contributed by atoms with E-state index in [1.807, 2.05) is 6.92 Å². The van der Waals surface area contributed by atoms with E-state index in [0.29, 0.717) is 6.54 Å². The number of anilines is 1. The number of benzene rings is 1. The predicted molar refractivity (Wildman–Crippen MR) is 65.1 cm³/mol. The van der Waals surface area contributed by atoms with Gasteiger partial charge in [-0.15, -0.1) is 0 Å². The zero-order chi connectivity index (χ0) is 12.1. The molecule has 1 aromatic carbocycles. The van der Waals surface area contributed by atoms with Crippen molar-refractivity contribution in [3.05, 3.63) is 34.4 Å². The Balaban J connectivity index is 2.56. The first-order valence-electron chi connectivity index (χ1n) is 4.81. The highest BCUT2D eigenvalue weighted by molar-refractivity contribution is 7.84. The summed E-state index contributed by atoms with van der Waals surface area (Å²) in [5.41, 5.74) is 0.862. The summed E-state index contributed by atoms with van der Waals surface area (Å²) in [6.07, 6.45) is 1.65. The van der Waals surface area contributed by atoms with E-state index in [4.69, 9.17) is 0 Å². The lowest BCUT2D eigenvalue weighted by Crippen LogP contribution is -2.20. The zero-order valence-electron chi connectivity index (χ0n) is 9.17. The summed E-state index contributed by atoms with van der Waals surface area (Å²) in [6, 6.07) is 6.17. The second-order valence-electron chi connectivity index (χ2n) is 3.49. The monoisotopic (exact) mass is 242 g/mol. The summed E-state index contributed by atoms with van der Waals surface area (Å²) in [6.45, 7) is 2.47. The van der Waals surface area contributed by atoms with Crippen LogP contribution in [-0.2, 0) is 10.8 Å². The summed E-state index contributed by atoms with van der Waals surface area (Å²) in [7, 11) is -0.866. The van der Waals surface area contributed by atoms with Crippen molar-refractivity contribution in [1.82, 2.24) is 0 Å². The molecule has 2 unspecified atom stereocenters. The summed E-state index contributed by atoms with van der Waals surface area (Å²) in [5.74, 6) is 0. The molecule has 1 aromatic rings. The molecule has 5 nitrogen and oxygen atoms in total. The van der Waals surface area contributed by atoms with Crippen molar-refractivity contribution >= 4 is 22.2 Å². The number of nitrogens with one attached hydrogen (secondary N) is 1. The second-order valence-corrected chi connectivity index (χ2v) is 5.30. The van der Waals surface area contributed by atoms with Crippen LogP contribution in [0, 0.1) is 10.1 Å². The molecule has 0 amide bonds. The molecule has 6 heteroatoms. The Bertz CT molecular complexity index is 392. The van der Waals surface area contributed by atoms with Gasteiger partial charge in [-0.25, -0.2) is 0 Å². The third-order valence-electron chi connectivity index (χ3n) is 2.24. The average molecular weight is 242 g/mol. The van der Waals surface area contributed by atoms with Crippen LogP contribution >= 0.6 is 0 Å². The molecule has 0 aromatic heterocycles. The number of nitro benzene ring substituents is 1. The third kappa shape index (κ3) is 3.62. The summed E-state index contributed by atoms with van der Waals surface area (Å²) in [5, 5.41) is 13.5. The molecule has 0 saturated carbocycles. The predicted octanol–water partition coefficient (Wildman–Crippen LogP) is 1.77. The molecule has 0 fully saturated rings. The van der Waals surface area contributed by atoms with Gasteiger partial charge in [-0.2, -0.15) is 0 Å². The number of non-ortho nitro benzene ring substituents is 1. The van der Waals surface area contributed by atoms with Crippen LogP contribution in [0.15, 0.2) is 24.3 Å². The highest BCUT2D eigenvalue weighted by atomic mass is 32.2. The van der Waals surface area contributed by atoms with E-state index in [1.165, 1.54) is 12.1 Å². The minimum atomic E-state index is -0.866. The van der Waals surface area contributed by atoms with E-state index in [0.717, 1.165) is 5.69 Å². The molecule has 0 radical (unpaired) electrons. The molecular weight excluding hydrogens is 228 g/mol. The van der Waals surface area contributed by atoms with Gasteiger partial charge in [0.1, 0.15) is 0 Å². The van der Waals surface area contributed by atoms with Crippen LogP contribution in [-0.4, -0.2) is 27.2 Å². The van der Waals surface area contributed by atoms with Crippen molar-refractivity contribution in [2.45, 2.75) is 12.2 Å². The van der Waals surface area contributed by atoms with Crippen molar-refractivity contribution in [1.29, 1.82) is 0 Å². The first-order chi connectivity index (χ1) is 7.50. The highest BCUT2D eigenvalue weighted by Crippen LogP contribution is 2.15. The Morgan fingerprint density at radius 1 is 1.44 bits per heavy atom. The first-order valence-corrected chi connectivity index (χ1v) is 6.43. The Hall–Kier alpha value is -1.43. The molecule has 0 aliphatic rings. The maximum atomic E-state index is 11.1. The fourth-order valence-corrected chi connectivity index (χ4v) is 1.40. The van der Waals surface area contributed by atoms with E-state index >= 15 is 0 Å². The number of nitro groups is 1. The lowest BCUT2D eigenvalue weighted by molar-refractivity contribution is -0.384. The van der Waals surface area contributed by atoms with Crippen LogP contribution < -0.4 is 5.32 Å². The van der Waals surface area contributed by atoms with Crippen molar-refractivity contribution in [3.63, 3.8) is 0 Å². The van der Waals surface area contributed by atoms with E-state index < -0.39 is 15.7 Å². The van der Waals surface area contributed by atoms with E-state index in [1.54, 1.807) is 18.4 Å². The minimum Gasteiger partial charge on any atom is -0.384 e. The third-order valence-corrected chi connectivity index (χ3v) is 3.54. The number of rotatable bonds is 5. The summed E-state index contributed by atoms with van der Waals surface area (Å²) in [4.78, 5) is 9.98. The molecule has 0 bridgehead atoms. The topological polar surface area (TPSA) is 72.2 Å². The fourth-order valence-electron chi connectivity index (χ4n) is 1.08. The SMILES string of the molecule is CC(CNc1ccc([N+](=O)[O-])cc1)S(C)=O. The second kappa shape index (κ2) is 5.60. The van der Waals surface area contributed by atoms with Crippen LogP contribution in [0.25, 0.3) is 0 Å². The van der Waals surface area contributed by atoms with Crippen LogP contribution in [0.1, 0.15) is 6.92 Å². The Morgan fingerprint density at radius 3 is 2.44 bits per heavy atom. The van der Waals surface area contributed by atoms with Gasteiger partial charge in [-0.3, -0.25) is 14.3 Å². The van der Waals surface area contributed by atoms with Gasteiger partial charge in [0.25, 0.3) is 5.69 Å². The van der Waals surface area contributed by atoms with Gasteiger partial charge in [0.15, 0.2) is 0 Å². The fraction of sp³-hybridized carbons (Fsp3) is 0.400. The maximum Gasteiger partial charge on any atom is 0.269 e. The number of hydrogen-bond donors (Lipinski definition) is 1. The van der Waals surface area contributed by atoms with Crippen molar-refractivity contribution in [3.8, 4) is 0 Å². The first kappa shape index (κ1) is 12.6. The van der Waals surface area contributed by atoms with Gasteiger partial charge in [0, 0.05) is 46.7 Å². The maximum absolute atomic E-state index is 11.1. The number of nitrogens with zero attached hydrogens (tertiary/aromatic N) is 1. The Kier molecular flexibility index (Phi) is 4.42. The summed E-state index contributed by atoms with van der Waals surface area (Å²) >= 11 is 0. The van der Waals surface area contributed by atoms with E-state index in [-0.39, 0.29) is 10.9 Å². The van der Waals surface area contributed by atoms with Gasteiger partial charge >= 0.3 is 0 Å². The smallest absolute Gasteiger partial charge is 0.269 e. The van der Waals surface area contributed by atoms with Crippen LogP contribution in [0.4, 0.5) is 11.4 Å². The zero-order valence-corrected chi connectivity index (χ0v) is 9.99. The van der Waals surface area contributed by atoms with Gasteiger partial charge < -0.3 is 5.32 Å². The molecule has 16 heavy (non-hydrogen) atoms. The lowest BCUT2D eigenvalue weighted by Gasteiger charge is -2.10. The molecule has 88 valence electrons. The molecular formula is C10H14N2O3S. The molecule has 1 rings (SSSR count). The van der Waals surface area contributed by atoms with Gasteiger partial charge in [-0.05, 0) is 19.1 Å². The van der Waals surface area contributed by atoms with Crippen molar-refractivity contribution < 1.29 is 9.13 Å². The summed E-state index contributed by atoms with van der Waals surface area (Å²) < 4.78 is 11.1. The average Bonchev–Trinajstić information content (AvgIpc) is 2.26.